The van der Waals surface area contributed by atoms with E-state index in [1.54, 1.807) is 6.33 Å². The van der Waals surface area contributed by atoms with Gasteiger partial charge in [0.2, 0.25) is 0 Å². The smallest absolute Gasteiger partial charge is 0.115 e. The molecule has 0 saturated carbocycles. The van der Waals surface area contributed by atoms with Crippen molar-refractivity contribution in [2.24, 2.45) is 5.92 Å². The molecule has 2 atom stereocenters. The van der Waals surface area contributed by atoms with E-state index in [0.29, 0.717) is 17.9 Å². The zero-order valence-electron chi connectivity index (χ0n) is 11.7. The predicted octanol–water partition coefficient (Wildman–Crippen LogP) is 2.78. The molecule has 3 nitrogen and oxygen atoms in total. The third kappa shape index (κ3) is 3.77. The molecule has 0 fully saturated rings. The average molecular weight is 235 g/mol. The summed E-state index contributed by atoms with van der Waals surface area (Å²) in [5.41, 5.74) is 2.30. The molecule has 1 aromatic heterocycles. The van der Waals surface area contributed by atoms with Gasteiger partial charge in [0.15, 0.2) is 0 Å². The molecule has 1 rings (SSSR count). The van der Waals surface area contributed by atoms with E-state index in [1.807, 2.05) is 0 Å². The third-order valence-electron chi connectivity index (χ3n) is 3.23. The largest absolute Gasteiger partial charge is 0.314 e. The van der Waals surface area contributed by atoms with Crippen molar-refractivity contribution in [1.29, 1.82) is 0 Å². The van der Waals surface area contributed by atoms with E-state index >= 15 is 0 Å². The summed E-state index contributed by atoms with van der Waals surface area (Å²) < 4.78 is 0. The Morgan fingerprint density at radius 1 is 1.18 bits per heavy atom. The topological polar surface area (TPSA) is 37.8 Å². The van der Waals surface area contributed by atoms with Crippen LogP contribution in [-0.4, -0.2) is 22.6 Å². The molecule has 17 heavy (non-hydrogen) atoms. The second kappa shape index (κ2) is 6.70. The zero-order chi connectivity index (χ0) is 12.8. The number of aromatic nitrogens is 2. The van der Waals surface area contributed by atoms with Crippen molar-refractivity contribution in [2.75, 3.05) is 6.54 Å². The van der Waals surface area contributed by atoms with Crippen LogP contribution in [0.2, 0.25) is 0 Å². The molecule has 1 heterocycles. The maximum Gasteiger partial charge on any atom is 0.115 e. The summed E-state index contributed by atoms with van der Waals surface area (Å²) in [5, 5.41) is 3.50. The minimum absolute atomic E-state index is 0.444. The van der Waals surface area contributed by atoms with Crippen molar-refractivity contribution >= 4 is 0 Å². The van der Waals surface area contributed by atoms with Crippen LogP contribution in [0.3, 0.4) is 0 Å². The fourth-order valence-corrected chi connectivity index (χ4v) is 2.41. The van der Waals surface area contributed by atoms with Gasteiger partial charge >= 0.3 is 0 Å². The van der Waals surface area contributed by atoms with Crippen LogP contribution in [-0.2, 0) is 6.42 Å². The number of aryl methyl sites for hydroxylation is 1. The molecule has 1 aromatic rings. The summed E-state index contributed by atoms with van der Waals surface area (Å²) in [6.07, 6.45) is 2.66. The highest BCUT2D eigenvalue weighted by Gasteiger charge is 2.23. The highest BCUT2D eigenvalue weighted by atomic mass is 14.9. The predicted molar refractivity (Wildman–Crippen MR) is 72.1 cm³/mol. The normalized spacial score (nSPS) is 14.9. The van der Waals surface area contributed by atoms with E-state index in [9.17, 15) is 0 Å². The molecule has 3 heteroatoms. The van der Waals surface area contributed by atoms with E-state index in [0.717, 1.165) is 18.7 Å². The minimum atomic E-state index is 0.444. The number of hydrogen-bond donors (Lipinski definition) is 1. The van der Waals surface area contributed by atoms with Crippen LogP contribution in [0.15, 0.2) is 12.4 Å². The first kappa shape index (κ1) is 14.1. The first-order valence-corrected chi connectivity index (χ1v) is 6.64. The van der Waals surface area contributed by atoms with Gasteiger partial charge < -0.3 is 5.32 Å². The van der Waals surface area contributed by atoms with Crippen LogP contribution in [0, 0.1) is 5.92 Å². The maximum absolute atomic E-state index is 4.46. The van der Waals surface area contributed by atoms with Crippen LogP contribution >= 0.6 is 0 Å². The molecule has 0 saturated heterocycles. The average Bonchev–Trinajstić information content (AvgIpc) is 2.29. The summed E-state index contributed by atoms with van der Waals surface area (Å²) in [7, 11) is 0. The number of nitrogens with zero attached hydrogens (tertiary/aromatic N) is 2. The summed E-state index contributed by atoms with van der Waals surface area (Å²) >= 11 is 0. The first-order valence-electron chi connectivity index (χ1n) is 6.64. The van der Waals surface area contributed by atoms with Gasteiger partial charge in [0.05, 0.1) is 0 Å². The first-order chi connectivity index (χ1) is 8.10. The Hall–Kier alpha value is -0.960. The molecule has 0 amide bonds. The lowest BCUT2D eigenvalue weighted by molar-refractivity contribution is 0.375. The van der Waals surface area contributed by atoms with Crippen molar-refractivity contribution < 1.29 is 0 Å². The Bertz CT molecular complexity index is 336. The quantitative estimate of drug-likeness (QED) is 0.824. The van der Waals surface area contributed by atoms with Gasteiger partial charge in [-0.05, 0) is 31.9 Å². The number of nitrogens with one attached hydrogen (secondary N) is 1. The van der Waals surface area contributed by atoms with Gasteiger partial charge in [-0.3, -0.25) is 0 Å². The fraction of sp³-hybridized carbons (Fsp3) is 0.714. The van der Waals surface area contributed by atoms with Crippen molar-refractivity contribution in [3.63, 3.8) is 0 Å². The van der Waals surface area contributed by atoms with E-state index in [1.165, 1.54) is 5.69 Å². The second-order valence-corrected chi connectivity index (χ2v) is 4.90. The van der Waals surface area contributed by atoms with Gasteiger partial charge in [-0.25, -0.2) is 9.97 Å². The summed E-state index contributed by atoms with van der Waals surface area (Å²) in [6.45, 7) is 12.0. The van der Waals surface area contributed by atoms with E-state index in [2.05, 4.69) is 56.0 Å². The van der Waals surface area contributed by atoms with E-state index in [4.69, 9.17) is 0 Å². The molecular weight excluding hydrogens is 210 g/mol. The lowest BCUT2D eigenvalue weighted by Crippen LogP contribution is -2.35. The number of rotatable bonds is 6. The molecule has 0 aliphatic rings. The summed E-state index contributed by atoms with van der Waals surface area (Å²) in [5.74, 6) is 1.02. The molecule has 96 valence electrons. The minimum Gasteiger partial charge on any atom is -0.314 e. The zero-order valence-corrected chi connectivity index (χ0v) is 11.7. The molecular formula is C14H25N3. The van der Waals surface area contributed by atoms with Crippen LogP contribution in [0.25, 0.3) is 0 Å². The van der Waals surface area contributed by atoms with Crippen molar-refractivity contribution in [1.82, 2.24) is 15.3 Å². The lowest BCUT2D eigenvalue weighted by atomic mass is 9.86. The Morgan fingerprint density at radius 2 is 1.88 bits per heavy atom. The third-order valence-corrected chi connectivity index (χ3v) is 3.23. The highest BCUT2D eigenvalue weighted by molar-refractivity contribution is 5.15. The standard InChI is InChI=1S/C14H25N3/c1-6-12-8-13(17-9-16-12)14(10(3)4)11(5)15-7-2/h8-11,14-15H,6-7H2,1-5H3. The van der Waals surface area contributed by atoms with Gasteiger partial charge in [0, 0.05) is 23.3 Å². The van der Waals surface area contributed by atoms with Crippen molar-refractivity contribution in [2.45, 2.75) is 53.0 Å². The molecule has 0 aromatic carbocycles. The lowest BCUT2D eigenvalue weighted by Gasteiger charge is -2.27. The summed E-state index contributed by atoms with van der Waals surface area (Å²) in [6, 6.07) is 2.60. The fourth-order valence-electron chi connectivity index (χ4n) is 2.41. The monoisotopic (exact) mass is 235 g/mol. The SMILES string of the molecule is CCNC(C)C(c1cc(CC)ncn1)C(C)C. The molecule has 0 bridgehead atoms. The van der Waals surface area contributed by atoms with Gasteiger partial charge in [-0.15, -0.1) is 0 Å². The molecule has 0 aliphatic carbocycles. The maximum atomic E-state index is 4.46. The number of likely N-dealkylation sites (N-methyl/N-ethyl adjacent to an activating group) is 1. The van der Waals surface area contributed by atoms with E-state index in [-0.39, 0.29) is 0 Å². The molecule has 2 unspecified atom stereocenters. The van der Waals surface area contributed by atoms with Crippen LogP contribution in [0.4, 0.5) is 0 Å². The number of hydrogen-bond acceptors (Lipinski definition) is 3. The van der Waals surface area contributed by atoms with Crippen LogP contribution in [0.5, 0.6) is 0 Å². The Kier molecular flexibility index (Phi) is 5.56. The van der Waals surface area contributed by atoms with Gasteiger partial charge in [0.1, 0.15) is 6.33 Å². The molecule has 0 radical (unpaired) electrons. The van der Waals surface area contributed by atoms with Gasteiger partial charge in [0.25, 0.3) is 0 Å². The summed E-state index contributed by atoms with van der Waals surface area (Å²) in [4.78, 5) is 8.73. The second-order valence-electron chi connectivity index (χ2n) is 4.90. The van der Waals surface area contributed by atoms with Gasteiger partial charge in [-0.2, -0.15) is 0 Å². The van der Waals surface area contributed by atoms with Gasteiger partial charge in [-0.1, -0.05) is 27.7 Å². The highest BCUT2D eigenvalue weighted by Crippen LogP contribution is 2.26. The van der Waals surface area contributed by atoms with Crippen LogP contribution in [0.1, 0.15) is 51.9 Å². The molecule has 0 spiro atoms. The van der Waals surface area contributed by atoms with Crippen molar-refractivity contribution in [3.05, 3.63) is 23.8 Å². The Labute approximate surface area is 105 Å². The van der Waals surface area contributed by atoms with Crippen LogP contribution < -0.4 is 5.32 Å². The van der Waals surface area contributed by atoms with Crippen molar-refractivity contribution in [3.8, 4) is 0 Å². The van der Waals surface area contributed by atoms with E-state index < -0.39 is 0 Å². The molecule has 0 aliphatic heterocycles. The molecule has 1 N–H and O–H groups in total. The Balaban J connectivity index is 2.96. The Morgan fingerprint density at radius 3 is 2.41 bits per heavy atom.